The lowest BCUT2D eigenvalue weighted by Crippen LogP contribution is -2.43. The summed E-state index contributed by atoms with van der Waals surface area (Å²) in [7, 11) is 0. The van der Waals surface area contributed by atoms with Gasteiger partial charge in [0.1, 0.15) is 5.60 Å². The van der Waals surface area contributed by atoms with Crippen LogP contribution in [0.4, 0.5) is 4.79 Å². The zero-order chi connectivity index (χ0) is 12.9. The van der Waals surface area contributed by atoms with E-state index in [0.29, 0.717) is 13.1 Å². The van der Waals surface area contributed by atoms with Crippen molar-refractivity contribution in [2.75, 3.05) is 13.1 Å². The summed E-state index contributed by atoms with van der Waals surface area (Å²) in [5.41, 5.74) is 6.12. The third-order valence-corrected chi connectivity index (χ3v) is 1.62. The molecule has 0 heterocycles. The van der Waals surface area contributed by atoms with Crippen molar-refractivity contribution in [1.29, 1.82) is 0 Å². The van der Waals surface area contributed by atoms with Crippen molar-refractivity contribution >= 4 is 6.09 Å². The van der Waals surface area contributed by atoms with Crippen LogP contribution in [0.2, 0.25) is 0 Å². The van der Waals surface area contributed by atoms with E-state index in [1.165, 1.54) is 0 Å². The molecular formula is C12H24N2O2. The highest BCUT2D eigenvalue weighted by molar-refractivity contribution is 5.68. The molecule has 1 atom stereocenters. The zero-order valence-electron chi connectivity index (χ0n) is 11.0. The largest absolute Gasteiger partial charge is 0.444 e. The number of hydrogen-bond acceptors (Lipinski definition) is 3. The molecule has 0 aliphatic carbocycles. The lowest BCUT2D eigenvalue weighted by Gasteiger charge is -2.28. The van der Waals surface area contributed by atoms with Crippen molar-refractivity contribution in [3.63, 3.8) is 0 Å². The summed E-state index contributed by atoms with van der Waals surface area (Å²) in [4.78, 5) is 13.4. The average Bonchev–Trinajstić information content (AvgIpc) is 1.97. The van der Waals surface area contributed by atoms with Crippen LogP contribution in [0.25, 0.3) is 0 Å². The molecule has 2 N–H and O–H groups in total. The smallest absolute Gasteiger partial charge is 0.410 e. The molecule has 1 amide bonds. The molecule has 0 fully saturated rings. The topological polar surface area (TPSA) is 55.6 Å². The van der Waals surface area contributed by atoms with E-state index in [4.69, 9.17) is 10.5 Å². The predicted octanol–water partition coefficient (Wildman–Crippen LogP) is 2.15. The molecule has 0 aromatic carbocycles. The maximum absolute atomic E-state index is 11.8. The van der Waals surface area contributed by atoms with Crippen LogP contribution in [-0.2, 0) is 4.74 Å². The van der Waals surface area contributed by atoms with Crippen LogP contribution in [0.3, 0.4) is 0 Å². The highest BCUT2D eigenvalue weighted by Gasteiger charge is 2.22. The summed E-state index contributed by atoms with van der Waals surface area (Å²) in [6.45, 7) is 14.0. The molecule has 0 aliphatic rings. The summed E-state index contributed by atoms with van der Waals surface area (Å²) in [5.74, 6) is 0. The van der Waals surface area contributed by atoms with Crippen molar-refractivity contribution in [1.82, 2.24) is 4.90 Å². The first-order valence-corrected chi connectivity index (χ1v) is 5.49. The minimum Gasteiger partial charge on any atom is -0.444 e. The van der Waals surface area contributed by atoms with Gasteiger partial charge in [-0.15, -0.1) is 0 Å². The van der Waals surface area contributed by atoms with Crippen LogP contribution < -0.4 is 5.73 Å². The SMILES string of the molecule is C=C(C)CN(C[C@@H](C)N)C(=O)OC(C)(C)C. The van der Waals surface area contributed by atoms with Gasteiger partial charge in [0.25, 0.3) is 0 Å². The fourth-order valence-electron chi connectivity index (χ4n) is 1.20. The standard InChI is InChI=1S/C12H24N2O2/c1-9(2)7-14(8-10(3)13)11(15)16-12(4,5)6/h10H,1,7-8,13H2,2-6H3/t10-/m1/s1. The van der Waals surface area contributed by atoms with Crippen molar-refractivity contribution in [2.45, 2.75) is 46.3 Å². The van der Waals surface area contributed by atoms with Gasteiger partial charge in [-0.05, 0) is 34.6 Å². The highest BCUT2D eigenvalue weighted by atomic mass is 16.6. The van der Waals surface area contributed by atoms with Gasteiger partial charge in [0.2, 0.25) is 0 Å². The van der Waals surface area contributed by atoms with Crippen LogP contribution in [-0.4, -0.2) is 35.7 Å². The molecule has 16 heavy (non-hydrogen) atoms. The summed E-state index contributed by atoms with van der Waals surface area (Å²) < 4.78 is 5.29. The first kappa shape index (κ1) is 15.0. The number of hydrogen-bond donors (Lipinski definition) is 1. The maximum atomic E-state index is 11.8. The van der Waals surface area contributed by atoms with Gasteiger partial charge in [0.05, 0.1) is 0 Å². The molecule has 4 heteroatoms. The van der Waals surface area contributed by atoms with Crippen molar-refractivity contribution in [2.24, 2.45) is 5.73 Å². The van der Waals surface area contributed by atoms with E-state index >= 15 is 0 Å². The first-order chi connectivity index (χ1) is 7.11. The molecule has 0 rings (SSSR count). The Balaban J connectivity index is 4.49. The minimum absolute atomic E-state index is 0.0770. The number of ether oxygens (including phenoxy) is 1. The Morgan fingerprint density at radius 3 is 2.31 bits per heavy atom. The van der Waals surface area contributed by atoms with Gasteiger partial charge in [0.15, 0.2) is 0 Å². The molecule has 0 aromatic rings. The maximum Gasteiger partial charge on any atom is 0.410 e. The number of rotatable bonds is 4. The number of nitrogens with two attached hydrogens (primary N) is 1. The van der Waals surface area contributed by atoms with Crippen molar-refractivity contribution < 1.29 is 9.53 Å². The Morgan fingerprint density at radius 2 is 2.00 bits per heavy atom. The highest BCUT2D eigenvalue weighted by Crippen LogP contribution is 2.11. The first-order valence-electron chi connectivity index (χ1n) is 5.49. The Morgan fingerprint density at radius 1 is 1.50 bits per heavy atom. The predicted molar refractivity (Wildman–Crippen MR) is 66.3 cm³/mol. The molecule has 0 saturated carbocycles. The van der Waals surface area contributed by atoms with Crippen LogP contribution in [0.5, 0.6) is 0 Å². The van der Waals surface area contributed by atoms with Crippen LogP contribution in [0.15, 0.2) is 12.2 Å². The quantitative estimate of drug-likeness (QED) is 0.750. The molecule has 0 unspecified atom stereocenters. The average molecular weight is 228 g/mol. The summed E-state index contributed by atoms with van der Waals surface area (Å²) >= 11 is 0. The molecular weight excluding hydrogens is 204 g/mol. The molecule has 0 radical (unpaired) electrons. The number of carbonyl (C=O) groups excluding carboxylic acids is 1. The number of carbonyl (C=O) groups is 1. The van der Waals surface area contributed by atoms with Crippen molar-refractivity contribution in [3.8, 4) is 0 Å². The zero-order valence-corrected chi connectivity index (χ0v) is 11.0. The third-order valence-electron chi connectivity index (χ3n) is 1.62. The molecule has 0 spiro atoms. The lowest BCUT2D eigenvalue weighted by molar-refractivity contribution is 0.0259. The third kappa shape index (κ3) is 7.29. The van der Waals surface area contributed by atoms with Crippen molar-refractivity contribution in [3.05, 3.63) is 12.2 Å². The van der Waals surface area contributed by atoms with E-state index in [2.05, 4.69) is 6.58 Å². The van der Waals surface area contributed by atoms with Gasteiger partial charge in [-0.3, -0.25) is 0 Å². The summed E-state index contributed by atoms with van der Waals surface area (Å²) in [6, 6.07) is -0.0770. The second-order valence-corrected chi connectivity index (χ2v) is 5.30. The Bertz CT molecular complexity index is 254. The van der Waals surface area contributed by atoms with Gasteiger partial charge in [-0.2, -0.15) is 0 Å². The van der Waals surface area contributed by atoms with Gasteiger partial charge in [-0.25, -0.2) is 4.79 Å². The molecule has 0 aromatic heterocycles. The van der Waals surface area contributed by atoms with E-state index in [1.807, 2.05) is 34.6 Å². The lowest BCUT2D eigenvalue weighted by atomic mass is 10.2. The van der Waals surface area contributed by atoms with Gasteiger partial charge >= 0.3 is 6.09 Å². The van der Waals surface area contributed by atoms with Crippen LogP contribution in [0.1, 0.15) is 34.6 Å². The van der Waals surface area contributed by atoms with E-state index < -0.39 is 5.60 Å². The molecule has 0 bridgehead atoms. The van der Waals surface area contributed by atoms with E-state index in [1.54, 1.807) is 4.90 Å². The minimum atomic E-state index is -0.484. The fraction of sp³-hybridized carbons (Fsp3) is 0.750. The second kappa shape index (κ2) is 5.89. The van der Waals surface area contributed by atoms with E-state index in [9.17, 15) is 4.79 Å². The second-order valence-electron chi connectivity index (χ2n) is 5.30. The molecule has 0 aliphatic heterocycles. The van der Waals surface area contributed by atoms with Gasteiger partial charge in [0, 0.05) is 19.1 Å². The molecule has 4 nitrogen and oxygen atoms in total. The summed E-state index contributed by atoms with van der Waals surface area (Å²) in [5, 5.41) is 0. The summed E-state index contributed by atoms with van der Waals surface area (Å²) in [6.07, 6.45) is -0.340. The van der Waals surface area contributed by atoms with E-state index in [0.717, 1.165) is 5.57 Å². The molecule has 94 valence electrons. The molecule has 0 saturated heterocycles. The Kier molecular flexibility index (Phi) is 5.51. The van der Waals surface area contributed by atoms with E-state index in [-0.39, 0.29) is 12.1 Å². The van der Waals surface area contributed by atoms with Crippen LogP contribution in [0, 0.1) is 0 Å². The van der Waals surface area contributed by atoms with Gasteiger partial charge in [-0.1, -0.05) is 12.2 Å². The number of amides is 1. The fourth-order valence-corrected chi connectivity index (χ4v) is 1.20. The van der Waals surface area contributed by atoms with Gasteiger partial charge < -0.3 is 15.4 Å². The Hall–Kier alpha value is -1.03. The normalized spacial score (nSPS) is 13.1. The Labute approximate surface area is 98.4 Å². The monoisotopic (exact) mass is 228 g/mol. The van der Waals surface area contributed by atoms with Crippen LogP contribution >= 0.6 is 0 Å². The number of nitrogens with zero attached hydrogens (tertiary/aromatic N) is 1.